The van der Waals surface area contributed by atoms with Gasteiger partial charge in [-0.1, -0.05) is 17.7 Å². The molecule has 0 aliphatic heterocycles. The van der Waals surface area contributed by atoms with Crippen LogP contribution in [-0.4, -0.2) is 15.2 Å². The van der Waals surface area contributed by atoms with Crippen LogP contribution in [0.4, 0.5) is 17.5 Å². The molecule has 0 bridgehead atoms. The van der Waals surface area contributed by atoms with Gasteiger partial charge in [-0.3, -0.25) is 0 Å². The molecule has 0 unspecified atom stereocenters. The third kappa shape index (κ3) is 2.30. The number of rotatable bonds is 2. The summed E-state index contributed by atoms with van der Waals surface area (Å²) < 4.78 is 0. The Morgan fingerprint density at radius 3 is 2.74 bits per heavy atom. The number of benzene rings is 1. The normalized spacial score (nSPS) is 10.6. The third-order valence-corrected chi connectivity index (χ3v) is 2.85. The molecule has 0 amide bonds. The van der Waals surface area contributed by atoms with Gasteiger partial charge in [-0.25, -0.2) is 4.98 Å². The summed E-state index contributed by atoms with van der Waals surface area (Å²) in [5.74, 6) is 1.78. The topological polar surface area (TPSA) is 76.7 Å². The summed E-state index contributed by atoms with van der Waals surface area (Å²) in [5.41, 5.74) is 6.70. The van der Waals surface area contributed by atoms with E-state index < -0.39 is 0 Å². The second-order valence-electron chi connectivity index (χ2n) is 4.35. The molecule has 5 heteroatoms. The molecule has 3 rings (SSSR count). The number of aromatic nitrogens is 3. The second kappa shape index (κ2) is 4.53. The number of hydrogen-bond acceptors (Lipinski definition) is 5. The van der Waals surface area contributed by atoms with E-state index in [1.807, 2.05) is 6.07 Å². The summed E-state index contributed by atoms with van der Waals surface area (Å²) in [5, 5.41) is 13.1. The van der Waals surface area contributed by atoms with Crippen molar-refractivity contribution < 1.29 is 0 Å². The monoisotopic (exact) mass is 251 g/mol. The lowest BCUT2D eigenvalue weighted by atomic mass is 10.1. The number of pyridine rings is 1. The zero-order valence-corrected chi connectivity index (χ0v) is 10.5. The molecule has 0 fully saturated rings. The van der Waals surface area contributed by atoms with E-state index in [2.05, 4.69) is 45.6 Å². The van der Waals surface area contributed by atoms with Crippen LogP contribution in [0.2, 0.25) is 0 Å². The zero-order valence-electron chi connectivity index (χ0n) is 10.5. The van der Waals surface area contributed by atoms with Crippen molar-refractivity contribution in [3.8, 4) is 0 Å². The molecule has 5 nitrogen and oxygen atoms in total. The fourth-order valence-electron chi connectivity index (χ4n) is 1.91. The van der Waals surface area contributed by atoms with Crippen molar-refractivity contribution in [3.63, 3.8) is 0 Å². The Morgan fingerprint density at radius 1 is 1.05 bits per heavy atom. The predicted octanol–water partition coefficient (Wildman–Crippen LogP) is 2.66. The molecule has 0 saturated heterocycles. The third-order valence-electron chi connectivity index (χ3n) is 2.85. The van der Waals surface area contributed by atoms with Gasteiger partial charge in [0, 0.05) is 11.6 Å². The fraction of sp³-hybridized carbons (Fsp3) is 0.0714. The van der Waals surface area contributed by atoms with Gasteiger partial charge in [0.05, 0.1) is 0 Å². The maximum absolute atomic E-state index is 5.51. The second-order valence-corrected chi connectivity index (χ2v) is 4.35. The summed E-state index contributed by atoms with van der Waals surface area (Å²) in [6.07, 6.45) is 1.77. The predicted molar refractivity (Wildman–Crippen MR) is 76.2 cm³/mol. The van der Waals surface area contributed by atoms with Crippen LogP contribution in [0.25, 0.3) is 10.8 Å². The van der Waals surface area contributed by atoms with Crippen molar-refractivity contribution in [3.05, 3.63) is 48.2 Å². The number of nitrogen functional groups attached to an aromatic ring is 1. The fourth-order valence-corrected chi connectivity index (χ4v) is 1.91. The molecule has 0 saturated carbocycles. The summed E-state index contributed by atoms with van der Waals surface area (Å²) in [4.78, 5) is 4.36. The lowest BCUT2D eigenvalue weighted by Crippen LogP contribution is -2.00. The lowest BCUT2D eigenvalue weighted by Gasteiger charge is -2.08. The molecule has 94 valence electrons. The standard InChI is InChI=1S/C14H13N5/c1-9-2-3-10-6-7-16-14(11(10)8-9)17-13-5-4-12(15)18-19-13/h2-8H,1H3,(H2,15,18)(H,16,17,19). The van der Waals surface area contributed by atoms with Crippen LogP contribution in [-0.2, 0) is 0 Å². The van der Waals surface area contributed by atoms with Gasteiger partial charge in [-0.2, -0.15) is 0 Å². The van der Waals surface area contributed by atoms with Crippen molar-refractivity contribution >= 4 is 28.2 Å². The van der Waals surface area contributed by atoms with E-state index in [9.17, 15) is 0 Å². The van der Waals surface area contributed by atoms with Crippen molar-refractivity contribution in [1.82, 2.24) is 15.2 Å². The molecule has 3 N–H and O–H groups in total. The number of anilines is 3. The maximum Gasteiger partial charge on any atom is 0.154 e. The number of aryl methyl sites for hydroxylation is 1. The van der Waals surface area contributed by atoms with E-state index in [0.29, 0.717) is 11.6 Å². The Morgan fingerprint density at radius 2 is 1.95 bits per heavy atom. The molecule has 19 heavy (non-hydrogen) atoms. The molecule has 0 atom stereocenters. The molecular weight excluding hydrogens is 238 g/mol. The first-order valence-corrected chi connectivity index (χ1v) is 5.94. The Bertz CT molecular complexity index is 721. The molecule has 0 aliphatic carbocycles. The smallest absolute Gasteiger partial charge is 0.154 e. The van der Waals surface area contributed by atoms with Crippen LogP contribution in [0.1, 0.15) is 5.56 Å². The van der Waals surface area contributed by atoms with E-state index in [1.54, 1.807) is 18.3 Å². The van der Waals surface area contributed by atoms with Gasteiger partial charge in [-0.05, 0) is 36.6 Å². The molecule has 0 radical (unpaired) electrons. The number of nitrogens with zero attached hydrogens (tertiary/aromatic N) is 3. The first-order chi connectivity index (χ1) is 9.22. The molecule has 2 aromatic heterocycles. The van der Waals surface area contributed by atoms with Crippen molar-refractivity contribution in [2.24, 2.45) is 0 Å². The minimum absolute atomic E-state index is 0.396. The van der Waals surface area contributed by atoms with Crippen molar-refractivity contribution in [2.75, 3.05) is 11.1 Å². The highest BCUT2D eigenvalue weighted by Crippen LogP contribution is 2.24. The minimum atomic E-state index is 0.396. The molecule has 1 aromatic carbocycles. The molecular formula is C14H13N5. The Hall–Kier alpha value is -2.69. The van der Waals surface area contributed by atoms with E-state index in [1.165, 1.54) is 5.56 Å². The highest BCUT2D eigenvalue weighted by atomic mass is 15.2. The van der Waals surface area contributed by atoms with Gasteiger partial charge in [0.1, 0.15) is 11.6 Å². The Kier molecular flexibility index (Phi) is 2.72. The SMILES string of the molecule is Cc1ccc2ccnc(Nc3ccc(N)nn3)c2c1. The van der Waals surface area contributed by atoms with Crippen LogP contribution in [0.3, 0.4) is 0 Å². The van der Waals surface area contributed by atoms with E-state index in [0.717, 1.165) is 16.6 Å². The van der Waals surface area contributed by atoms with E-state index in [4.69, 9.17) is 5.73 Å². The summed E-state index contributed by atoms with van der Waals surface area (Å²) in [6, 6.07) is 11.7. The highest BCUT2D eigenvalue weighted by molar-refractivity contribution is 5.93. The van der Waals surface area contributed by atoms with Gasteiger partial charge in [-0.15, -0.1) is 10.2 Å². The molecule has 0 aliphatic rings. The van der Waals surface area contributed by atoms with Gasteiger partial charge in [0.25, 0.3) is 0 Å². The van der Waals surface area contributed by atoms with Crippen LogP contribution < -0.4 is 11.1 Å². The van der Waals surface area contributed by atoms with Gasteiger partial charge < -0.3 is 11.1 Å². The van der Waals surface area contributed by atoms with Crippen molar-refractivity contribution in [2.45, 2.75) is 6.92 Å². The first kappa shape index (κ1) is 11.4. The quantitative estimate of drug-likeness (QED) is 0.732. The average Bonchev–Trinajstić information content (AvgIpc) is 2.42. The molecule has 0 spiro atoms. The highest BCUT2D eigenvalue weighted by Gasteiger charge is 2.04. The number of hydrogen-bond donors (Lipinski definition) is 2. The van der Waals surface area contributed by atoms with Crippen molar-refractivity contribution in [1.29, 1.82) is 0 Å². The number of nitrogens with two attached hydrogens (primary N) is 1. The number of fused-ring (bicyclic) bond motifs is 1. The zero-order chi connectivity index (χ0) is 13.2. The minimum Gasteiger partial charge on any atom is -0.382 e. The van der Waals surface area contributed by atoms with Crippen LogP contribution >= 0.6 is 0 Å². The summed E-state index contributed by atoms with van der Waals surface area (Å²) in [7, 11) is 0. The summed E-state index contributed by atoms with van der Waals surface area (Å²) in [6.45, 7) is 2.05. The van der Waals surface area contributed by atoms with Gasteiger partial charge >= 0.3 is 0 Å². The Balaban J connectivity index is 2.05. The average molecular weight is 251 g/mol. The number of nitrogens with one attached hydrogen (secondary N) is 1. The lowest BCUT2D eigenvalue weighted by molar-refractivity contribution is 1.04. The first-order valence-electron chi connectivity index (χ1n) is 5.94. The largest absolute Gasteiger partial charge is 0.382 e. The molecule has 3 aromatic rings. The van der Waals surface area contributed by atoms with Crippen LogP contribution in [0.5, 0.6) is 0 Å². The van der Waals surface area contributed by atoms with Crippen LogP contribution in [0.15, 0.2) is 42.6 Å². The van der Waals surface area contributed by atoms with Crippen LogP contribution in [0, 0.1) is 6.92 Å². The van der Waals surface area contributed by atoms with E-state index in [-0.39, 0.29) is 0 Å². The summed E-state index contributed by atoms with van der Waals surface area (Å²) >= 11 is 0. The van der Waals surface area contributed by atoms with Gasteiger partial charge in [0.2, 0.25) is 0 Å². The van der Waals surface area contributed by atoms with E-state index >= 15 is 0 Å². The molecule has 2 heterocycles. The maximum atomic E-state index is 5.51. The Labute approximate surface area is 110 Å². The van der Waals surface area contributed by atoms with Gasteiger partial charge in [0.15, 0.2) is 5.82 Å².